The molecule has 0 fully saturated rings. The Balaban J connectivity index is 1.98. The molecule has 0 unspecified atom stereocenters. The number of hydrogen-bond acceptors (Lipinski definition) is 2. The van der Waals surface area contributed by atoms with Crippen LogP contribution in [0.3, 0.4) is 0 Å². The summed E-state index contributed by atoms with van der Waals surface area (Å²) in [5.74, 6) is 0.226. The van der Waals surface area contributed by atoms with Crippen molar-refractivity contribution in [3.63, 3.8) is 0 Å². The van der Waals surface area contributed by atoms with Gasteiger partial charge < -0.3 is 9.67 Å². The second kappa shape index (κ2) is 6.81. The first-order valence-corrected chi connectivity index (χ1v) is 8.82. The van der Waals surface area contributed by atoms with E-state index in [0.29, 0.717) is 0 Å². The van der Waals surface area contributed by atoms with Crippen molar-refractivity contribution in [2.24, 2.45) is 4.99 Å². The molecule has 0 spiro atoms. The second-order valence-electron chi connectivity index (χ2n) is 5.87. The number of hydrogen-bond donors (Lipinski definition) is 1. The number of benzene rings is 2. The van der Waals surface area contributed by atoms with Crippen LogP contribution in [-0.4, -0.2) is 15.9 Å². The molecule has 0 amide bonds. The Labute approximate surface area is 155 Å². The van der Waals surface area contributed by atoms with Crippen molar-refractivity contribution < 1.29 is 5.11 Å². The maximum atomic E-state index is 9.53. The van der Waals surface area contributed by atoms with Gasteiger partial charge in [0.25, 0.3) is 0 Å². The lowest BCUT2D eigenvalue weighted by Crippen LogP contribution is -2.00. The van der Waals surface area contributed by atoms with E-state index in [1.54, 1.807) is 18.2 Å². The highest BCUT2D eigenvalue weighted by atomic mass is 127. The molecule has 4 heteroatoms. The van der Waals surface area contributed by atoms with Crippen molar-refractivity contribution >= 4 is 34.5 Å². The predicted molar refractivity (Wildman–Crippen MR) is 108 cm³/mol. The summed E-state index contributed by atoms with van der Waals surface area (Å²) < 4.78 is 3.51. The first-order valence-electron chi connectivity index (χ1n) is 7.74. The standard InChI is InChI=1S/C20H19IN2O/c1-13-9-18(7-8-20(13)21)23-14(2)10-16(15(23)3)12-22-17-5-4-6-19(24)11-17/h4-12,24H,1-3H3. The van der Waals surface area contributed by atoms with Crippen molar-refractivity contribution in [3.8, 4) is 11.4 Å². The topological polar surface area (TPSA) is 37.5 Å². The fraction of sp³-hybridized carbons (Fsp3) is 0.150. The summed E-state index contributed by atoms with van der Waals surface area (Å²) in [7, 11) is 0. The minimum atomic E-state index is 0.226. The number of aromatic hydroxyl groups is 1. The van der Waals surface area contributed by atoms with E-state index in [1.165, 1.54) is 20.5 Å². The van der Waals surface area contributed by atoms with Gasteiger partial charge in [-0.1, -0.05) is 6.07 Å². The SMILES string of the molecule is Cc1cc(-n2c(C)cc(C=Nc3cccc(O)c3)c2C)ccc1I. The van der Waals surface area contributed by atoms with Crippen LogP contribution < -0.4 is 0 Å². The van der Waals surface area contributed by atoms with E-state index in [4.69, 9.17) is 0 Å². The van der Waals surface area contributed by atoms with Crippen LogP contribution in [0.2, 0.25) is 0 Å². The zero-order chi connectivity index (χ0) is 17.3. The van der Waals surface area contributed by atoms with E-state index in [1.807, 2.05) is 12.3 Å². The third-order valence-corrected chi connectivity index (χ3v) is 5.26. The lowest BCUT2D eigenvalue weighted by molar-refractivity contribution is 0.475. The molecule has 0 radical (unpaired) electrons. The Morgan fingerprint density at radius 3 is 2.54 bits per heavy atom. The number of nitrogens with zero attached hydrogens (tertiary/aromatic N) is 2. The Hall–Kier alpha value is -2.08. The first-order chi connectivity index (χ1) is 11.5. The third kappa shape index (κ3) is 3.38. The van der Waals surface area contributed by atoms with Crippen LogP contribution in [0.4, 0.5) is 5.69 Å². The van der Waals surface area contributed by atoms with Crippen LogP contribution >= 0.6 is 22.6 Å². The summed E-state index contributed by atoms with van der Waals surface area (Å²) >= 11 is 2.35. The molecule has 0 aliphatic rings. The summed E-state index contributed by atoms with van der Waals surface area (Å²) in [6, 6.07) is 15.6. The Bertz CT molecular complexity index is 925. The number of halogens is 1. The average Bonchev–Trinajstić information content (AvgIpc) is 2.82. The van der Waals surface area contributed by atoms with Crippen LogP contribution in [0, 0.1) is 24.3 Å². The first kappa shape index (κ1) is 16.8. The van der Waals surface area contributed by atoms with Crippen molar-refractivity contribution in [2.75, 3.05) is 0 Å². The molecule has 0 bridgehead atoms. The molecule has 24 heavy (non-hydrogen) atoms. The van der Waals surface area contributed by atoms with Gasteiger partial charge in [0.15, 0.2) is 0 Å². The van der Waals surface area contributed by atoms with E-state index >= 15 is 0 Å². The molecule has 3 aromatic rings. The van der Waals surface area contributed by atoms with Crippen molar-refractivity contribution in [2.45, 2.75) is 20.8 Å². The third-order valence-electron chi connectivity index (χ3n) is 4.05. The molecule has 1 heterocycles. The summed E-state index contributed by atoms with van der Waals surface area (Å²) in [6.07, 6.45) is 1.85. The van der Waals surface area contributed by atoms with Crippen LogP contribution in [-0.2, 0) is 0 Å². The molecule has 0 aliphatic carbocycles. The molecule has 0 aliphatic heterocycles. The quantitative estimate of drug-likeness (QED) is 0.435. The minimum absolute atomic E-state index is 0.226. The van der Waals surface area contributed by atoms with Crippen molar-refractivity contribution in [3.05, 3.63) is 74.6 Å². The predicted octanol–water partition coefficient (Wildman–Crippen LogP) is 5.46. The van der Waals surface area contributed by atoms with E-state index in [-0.39, 0.29) is 5.75 Å². The summed E-state index contributed by atoms with van der Waals surface area (Å²) in [4.78, 5) is 4.48. The molecule has 1 aromatic heterocycles. The maximum Gasteiger partial charge on any atom is 0.117 e. The summed E-state index contributed by atoms with van der Waals surface area (Å²) in [5.41, 5.74) is 6.58. The number of aryl methyl sites for hydroxylation is 2. The average molecular weight is 430 g/mol. The van der Waals surface area contributed by atoms with Crippen molar-refractivity contribution in [1.82, 2.24) is 4.57 Å². The molecular weight excluding hydrogens is 411 g/mol. The lowest BCUT2D eigenvalue weighted by Gasteiger charge is -2.11. The van der Waals surface area contributed by atoms with Gasteiger partial charge in [0.05, 0.1) is 5.69 Å². The minimum Gasteiger partial charge on any atom is -0.508 e. The van der Waals surface area contributed by atoms with E-state index in [9.17, 15) is 5.11 Å². The van der Waals surface area contributed by atoms with Gasteiger partial charge in [-0.3, -0.25) is 4.99 Å². The van der Waals surface area contributed by atoms with E-state index in [2.05, 4.69) is 77.2 Å². The van der Waals surface area contributed by atoms with Gasteiger partial charge in [0, 0.05) is 38.5 Å². The Morgan fingerprint density at radius 2 is 1.83 bits per heavy atom. The number of aromatic nitrogens is 1. The monoisotopic (exact) mass is 430 g/mol. The molecule has 0 saturated heterocycles. The highest BCUT2D eigenvalue weighted by molar-refractivity contribution is 14.1. The number of phenolic OH excluding ortho intramolecular Hbond substituents is 1. The molecule has 1 N–H and O–H groups in total. The molecule has 3 nitrogen and oxygen atoms in total. The molecular formula is C20H19IN2O. The van der Waals surface area contributed by atoms with Crippen LogP contribution in [0.25, 0.3) is 5.69 Å². The van der Waals surface area contributed by atoms with Crippen LogP contribution in [0.5, 0.6) is 5.75 Å². The maximum absolute atomic E-state index is 9.53. The van der Waals surface area contributed by atoms with Gasteiger partial charge in [-0.25, -0.2) is 0 Å². The zero-order valence-corrected chi connectivity index (χ0v) is 16.1. The molecule has 2 aromatic carbocycles. The number of rotatable bonds is 3. The number of phenols is 1. The highest BCUT2D eigenvalue weighted by Gasteiger charge is 2.10. The van der Waals surface area contributed by atoms with Gasteiger partial charge in [-0.05, 0) is 85.3 Å². The van der Waals surface area contributed by atoms with Crippen molar-refractivity contribution in [1.29, 1.82) is 0 Å². The number of aliphatic imine (C=N–C) groups is 1. The zero-order valence-electron chi connectivity index (χ0n) is 13.9. The smallest absolute Gasteiger partial charge is 0.117 e. The van der Waals surface area contributed by atoms with E-state index in [0.717, 1.165) is 16.9 Å². The van der Waals surface area contributed by atoms with Gasteiger partial charge >= 0.3 is 0 Å². The van der Waals surface area contributed by atoms with E-state index < -0.39 is 0 Å². The fourth-order valence-electron chi connectivity index (χ4n) is 2.80. The van der Waals surface area contributed by atoms with Crippen LogP contribution in [0.1, 0.15) is 22.5 Å². The highest BCUT2D eigenvalue weighted by Crippen LogP contribution is 2.24. The molecule has 122 valence electrons. The summed E-state index contributed by atoms with van der Waals surface area (Å²) in [5, 5.41) is 9.53. The van der Waals surface area contributed by atoms with Crippen LogP contribution in [0.15, 0.2) is 53.5 Å². The van der Waals surface area contributed by atoms with Gasteiger partial charge in [-0.2, -0.15) is 0 Å². The Kier molecular flexibility index (Phi) is 4.76. The lowest BCUT2D eigenvalue weighted by atomic mass is 10.2. The van der Waals surface area contributed by atoms with Gasteiger partial charge in [0.2, 0.25) is 0 Å². The normalized spacial score (nSPS) is 11.3. The molecule has 0 atom stereocenters. The largest absolute Gasteiger partial charge is 0.508 e. The summed E-state index contributed by atoms with van der Waals surface area (Å²) in [6.45, 7) is 6.33. The fourth-order valence-corrected chi connectivity index (χ4v) is 3.14. The molecule has 3 rings (SSSR count). The molecule has 0 saturated carbocycles. The Morgan fingerprint density at radius 1 is 1.04 bits per heavy atom. The second-order valence-corrected chi connectivity index (χ2v) is 7.04. The van der Waals surface area contributed by atoms with Gasteiger partial charge in [-0.15, -0.1) is 0 Å². The van der Waals surface area contributed by atoms with Gasteiger partial charge in [0.1, 0.15) is 5.75 Å².